The predicted octanol–water partition coefficient (Wildman–Crippen LogP) is 1.42. The van der Waals surface area contributed by atoms with E-state index in [2.05, 4.69) is 26.2 Å². The molecule has 0 saturated carbocycles. The number of primary amides is 1. The molecule has 0 aromatic carbocycles. The number of aryl methyl sites for hydroxylation is 2. The molecule has 25 heavy (non-hydrogen) atoms. The van der Waals surface area contributed by atoms with Crippen LogP contribution in [0.5, 0.6) is 0 Å². The summed E-state index contributed by atoms with van der Waals surface area (Å²) in [7, 11) is 0. The number of aromatic nitrogens is 2. The lowest BCUT2D eigenvalue weighted by Crippen LogP contribution is -2.42. The van der Waals surface area contributed by atoms with Crippen LogP contribution in [0.15, 0.2) is 16.7 Å². The van der Waals surface area contributed by atoms with Gasteiger partial charge in [0.25, 0.3) is 5.91 Å². The number of imidazole rings is 1. The van der Waals surface area contributed by atoms with Gasteiger partial charge in [-0.25, -0.2) is 9.78 Å². The van der Waals surface area contributed by atoms with E-state index in [4.69, 9.17) is 5.73 Å². The Balaban J connectivity index is 2.40. The van der Waals surface area contributed by atoms with E-state index in [9.17, 15) is 19.5 Å². The van der Waals surface area contributed by atoms with E-state index in [-0.39, 0.29) is 18.5 Å². The summed E-state index contributed by atoms with van der Waals surface area (Å²) in [4.78, 5) is 39.4. The van der Waals surface area contributed by atoms with Crippen LogP contribution in [0.2, 0.25) is 0 Å². The lowest BCUT2D eigenvalue weighted by molar-refractivity contribution is -0.139. The molecule has 0 aliphatic heterocycles. The Kier molecular flexibility index (Phi) is 5.78. The number of carboxylic acid groups (broad SMARTS) is 1. The van der Waals surface area contributed by atoms with Gasteiger partial charge in [0.15, 0.2) is 0 Å². The maximum Gasteiger partial charge on any atom is 0.326 e. The minimum absolute atomic E-state index is 0.0721. The van der Waals surface area contributed by atoms with Gasteiger partial charge in [-0.15, -0.1) is 0 Å². The number of hydrogen-bond donors (Lipinski definition) is 3. The Morgan fingerprint density at radius 2 is 2.12 bits per heavy atom. The molecule has 0 aliphatic rings. The molecule has 1 unspecified atom stereocenters. The second kappa shape index (κ2) is 7.64. The zero-order valence-electron chi connectivity index (χ0n) is 13.9. The first-order chi connectivity index (χ1) is 11.7. The second-order valence-corrected chi connectivity index (χ2v) is 6.58. The summed E-state index contributed by atoms with van der Waals surface area (Å²) in [6.07, 6.45) is 2.02. The van der Waals surface area contributed by atoms with Crippen molar-refractivity contribution in [3.05, 3.63) is 33.7 Å². The Morgan fingerprint density at radius 3 is 2.68 bits per heavy atom. The first-order valence-electron chi connectivity index (χ1n) is 7.73. The van der Waals surface area contributed by atoms with Crippen molar-refractivity contribution in [2.24, 2.45) is 5.73 Å². The number of carbonyl (C=O) groups is 3. The molecule has 0 spiro atoms. The standard InChI is InChI=1S/C16H19BrN4O4/c1-3-10-13(21-7-9(17)6-8(2)14(21)19-10)15(23)20-11(16(24)25)4-5-12(18)22/h6-7,11H,3-5H2,1-2H3,(H2,18,22)(H,20,23)(H,24,25). The third-order valence-electron chi connectivity index (χ3n) is 3.78. The van der Waals surface area contributed by atoms with Gasteiger partial charge in [0.05, 0.1) is 5.69 Å². The van der Waals surface area contributed by atoms with E-state index in [0.717, 1.165) is 10.0 Å². The topological polar surface area (TPSA) is 127 Å². The molecule has 0 fully saturated rings. The van der Waals surface area contributed by atoms with Crippen LogP contribution in [-0.4, -0.2) is 38.3 Å². The molecule has 134 valence electrons. The molecule has 0 aliphatic carbocycles. The summed E-state index contributed by atoms with van der Waals surface area (Å²) >= 11 is 3.39. The van der Waals surface area contributed by atoms with Gasteiger partial charge in [0.1, 0.15) is 17.4 Å². The maximum atomic E-state index is 12.7. The van der Waals surface area contributed by atoms with Gasteiger partial charge in [-0.1, -0.05) is 6.92 Å². The molecule has 2 rings (SSSR count). The molecule has 0 bridgehead atoms. The Hall–Kier alpha value is -2.42. The lowest BCUT2D eigenvalue weighted by atomic mass is 10.1. The van der Waals surface area contributed by atoms with Gasteiger partial charge in [-0.2, -0.15) is 0 Å². The number of rotatable bonds is 7. The molecular weight excluding hydrogens is 392 g/mol. The highest BCUT2D eigenvalue weighted by Gasteiger charge is 2.25. The number of aliphatic carboxylic acids is 1. The smallest absolute Gasteiger partial charge is 0.326 e. The van der Waals surface area contributed by atoms with Crippen LogP contribution >= 0.6 is 15.9 Å². The number of carbonyl (C=O) groups excluding carboxylic acids is 2. The first kappa shape index (κ1) is 18.9. The monoisotopic (exact) mass is 410 g/mol. The third-order valence-corrected chi connectivity index (χ3v) is 4.21. The number of nitrogens with zero attached hydrogens (tertiary/aromatic N) is 2. The van der Waals surface area contributed by atoms with Crippen LogP contribution in [-0.2, 0) is 16.0 Å². The van der Waals surface area contributed by atoms with Gasteiger partial charge >= 0.3 is 5.97 Å². The molecule has 4 N–H and O–H groups in total. The van der Waals surface area contributed by atoms with Gasteiger partial charge in [0.2, 0.25) is 5.91 Å². The molecule has 1 atom stereocenters. The largest absolute Gasteiger partial charge is 0.480 e. The van der Waals surface area contributed by atoms with Crippen LogP contribution in [0.3, 0.4) is 0 Å². The van der Waals surface area contributed by atoms with E-state index in [0.29, 0.717) is 17.8 Å². The highest BCUT2D eigenvalue weighted by molar-refractivity contribution is 9.10. The van der Waals surface area contributed by atoms with Gasteiger partial charge in [-0.05, 0) is 47.3 Å². The Morgan fingerprint density at radius 1 is 1.44 bits per heavy atom. The highest BCUT2D eigenvalue weighted by atomic mass is 79.9. The number of nitrogens with one attached hydrogen (secondary N) is 1. The van der Waals surface area contributed by atoms with Crippen molar-refractivity contribution < 1.29 is 19.5 Å². The summed E-state index contributed by atoms with van der Waals surface area (Å²) < 4.78 is 2.41. The third kappa shape index (κ3) is 4.16. The van der Waals surface area contributed by atoms with Gasteiger partial charge in [0, 0.05) is 17.1 Å². The minimum Gasteiger partial charge on any atom is -0.480 e. The number of nitrogens with two attached hydrogens (primary N) is 1. The Bertz CT molecular complexity index is 846. The number of amides is 2. The minimum atomic E-state index is -1.22. The van der Waals surface area contributed by atoms with Crippen LogP contribution in [0.4, 0.5) is 0 Å². The zero-order valence-corrected chi connectivity index (χ0v) is 15.5. The van der Waals surface area contributed by atoms with Crippen LogP contribution in [0.25, 0.3) is 5.65 Å². The molecule has 2 aromatic rings. The van der Waals surface area contributed by atoms with Crippen molar-refractivity contribution >= 4 is 39.4 Å². The van der Waals surface area contributed by atoms with Gasteiger partial charge < -0.3 is 16.2 Å². The fourth-order valence-electron chi connectivity index (χ4n) is 2.57. The highest BCUT2D eigenvalue weighted by Crippen LogP contribution is 2.21. The molecule has 0 saturated heterocycles. The van der Waals surface area contributed by atoms with Crippen molar-refractivity contribution in [3.63, 3.8) is 0 Å². The molecule has 0 radical (unpaired) electrons. The van der Waals surface area contributed by atoms with E-state index in [1.165, 1.54) is 0 Å². The van der Waals surface area contributed by atoms with Crippen LogP contribution in [0.1, 0.15) is 41.5 Å². The predicted molar refractivity (Wildman–Crippen MR) is 94.3 cm³/mol. The SMILES string of the molecule is CCc1nc2c(C)cc(Br)cn2c1C(=O)NC(CCC(N)=O)C(=O)O. The molecular formula is C16H19BrN4O4. The van der Waals surface area contributed by atoms with Crippen LogP contribution in [0, 0.1) is 6.92 Å². The Labute approximate surface area is 152 Å². The summed E-state index contributed by atoms with van der Waals surface area (Å²) in [5, 5.41) is 11.7. The van der Waals surface area contributed by atoms with Crippen molar-refractivity contribution in [2.75, 3.05) is 0 Å². The summed E-state index contributed by atoms with van der Waals surface area (Å²) in [6.45, 7) is 3.74. The lowest BCUT2D eigenvalue weighted by Gasteiger charge is -2.14. The fourth-order valence-corrected chi connectivity index (χ4v) is 3.12. The van der Waals surface area contributed by atoms with E-state index in [1.807, 2.05) is 19.9 Å². The normalized spacial score (nSPS) is 12.1. The van der Waals surface area contributed by atoms with Crippen molar-refractivity contribution in [1.82, 2.24) is 14.7 Å². The molecule has 8 nitrogen and oxygen atoms in total. The van der Waals surface area contributed by atoms with Crippen LogP contribution < -0.4 is 11.1 Å². The average molecular weight is 411 g/mol. The van der Waals surface area contributed by atoms with E-state index in [1.54, 1.807) is 10.6 Å². The summed E-state index contributed by atoms with van der Waals surface area (Å²) in [6, 6.07) is 0.680. The van der Waals surface area contributed by atoms with E-state index < -0.39 is 23.8 Å². The van der Waals surface area contributed by atoms with Crippen molar-refractivity contribution in [1.29, 1.82) is 0 Å². The fraction of sp³-hybridized carbons (Fsp3) is 0.375. The second-order valence-electron chi connectivity index (χ2n) is 5.66. The molecule has 2 heterocycles. The number of halogens is 1. The number of carboxylic acids is 1. The van der Waals surface area contributed by atoms with Crippen molar-refractivity contribution in [2.45, 2.75) is 39.2 Å². The number of hydrogen-bond acceptors (Lipinski definition) is 4. The van der Waals surface area contributed by atoms with Gasteiger partial charge in [-0.3, -0.25) is 14.0 Å². The zero-order chi connectivity index (χ0) is 18.7. The average Bonchev–Trinajstić information content (AvgIpc) is 2.89. The van der Waals surface area contributed by atoms with E-state index >= 15 is 0 Å². The first-order valence-corrected chi connectivity index (χ1v) is 8.53. The summed E-state index contributed by atoms with van der Waals surface area (Å²) in [5.41, 5.74) is 7.42. The summed E-state index contributed by atoms with van der Waals surface area (Å²) in [5.74, 6) is -2.40. The molecule has 9 heteroatoms. The molecule has 2 amide bonds. The number of pyridine rings is 1. The number of fused-ring (bicyclic) bond motifs is 1. The molecule has 2 aromatic heterocycles. The maximum absolute atomic E-state index is 12.7. The quantitative estimate of drug-likeness (QED) is 0.635. The van der Waals surface area contributed by atoms with Crippen molar-refractivity contribution in [3.8, 4) is 0 Å².